The second-order valence-electron chi connectivity index (χ2n) is 6.98. The molecule has 5 atom stereocenters. The van der Waals surface area contributed by atoms with Gasteiger partial charge in [-0.15, -0.1) is 0 Å². The summed E-state index contributed by atoms with van der Waals surface area (Å²) in [7, 11) is 0. The minimum Gasteiger partial charge on any atom is -0.508 e. The molecule has 0 aliphatic carbocycles. The van der Waals surface area contributed by atoms with Gasteiger partial charge in [-0.25, -0.2) is 0 Å². The van der Waals surface area contributed by atoms with Gasteiger partial charge in [0.1, 0.15) is 35.5 Å². The van der Waals surface area contributed by atoms with E-state index in [4.69, 9.17) is 5.73 Å². The van der Waals surface area contributed by atoms with Crippen LogP contribution >= 0.6 is 0 Å². The maximum atomic E-state index is 11.9. The van der Waals surface area contributed by atoms with Gasteiger partial charge in [-0.2, -0.15) is 5.26 Å². The van der Waals surface area contributed by atoms with E-state index in [0.717, 1.165) is 0 Å². The predicted octanol–water partition coefficient (Wildman–Crippen LogP) is 0.489. The molecule has 2 aromatic rings. The summed E-state index contributed by atoms with van der Waals surface area (Å²) >= 11 is 0. The van der Waals surface area contributed by atoms with Crippen LogP contribution in [0.4, 0.5) is 0 Å². The van der Waals surface area contributed by atoms with Crippen molar-refractivity contribution in [3.63, 3.8) is 0 Å². The van der Waals surface area contributed by atoms with Crippen LogP contribution in [0, 0.1) is 11.3 Å². The lowest BCUT2D eigenvalue weighted by Gasteiger charge is -2.39. The number of amides is 1. The Bertz CT molecular complexity index is 1000. The number of aromatic hydroxyl groups is 2. The zero-order valence-electron chi connectivity index (χ0n) is 14.8. The molecule has 2 saturated heterocycles. The third kappa shape index (κ3) is 2.60. The highest BCUT2D eigenvalue weighted by Gasteiger charge is 2.63. The normalized spacial score (nSPS) is 27.2. The average molecular weight is 378 g/mol. The summed E-state index contributed by atoms with van der Waals surface area (Å²) in [5, 5.41) is 29.4. The molecule has 4 N–H and O–H groups in total. The number of benzene rings is 2. The molecule has 0 aromatic heterocycles. The SMILES string of the molecule is N#CC1CN1C(c1ccc(O)cc1)(c1cc(O)ccc1C=O)N1CC1C(N)=O. The van der Waals surface area contributed by atoms with E-state index in [1.54, 1.807) is 17.0 Å². The molecular weight excluding hydrogens is 360 g/mol. The topological polar surface area (TPSA) is 130 Å². The molecule has 0 bridgehead atoms. The van der Waals surface area contributed by atoms with Crippen molar-refractivity contribution in [3.05, 3.63) is 59.2 Å². The molecule has 0 radical (unpaired) electrons. The third-order valence-corrected chi connectivity index (χ3v) is 5.34. The number of phenolic OH excluding ortho intramolecular Hbond substituents is 2. The molecule has 2 fully saturated rings. The number of aldehydes is 1. The van der Waals surface area contributed by atoms with E-state index in [-0.39, 0.29) is 11.5 Å². The fourth-order valence-electron chi connectivity index (χ4n) is 3.95. The minimum absolute atomic E-state index is 0.0448. The first-order chi connectivity index (χ1) is 13.4. The maximum Gasteiger partial charge on any atom is 0.236 e. The number of carbonyl (C=O) groups excluding carboxylic acids is 2. The third-order valence-electron chi connectivity index (χ3n) is 5.34. The summed E-state index contributed by atoms with van der Waals surface area (Å²) in [6.07, 6.45) is 0.678. The predicted molar refractivity (Wildman–Crippen MR) is 98.2 cm³/mol. The lowest BCUT2D eigenvalue weighted by atomic mass is 9.86. The van der Waals surface area contributed by atoms with Crippen molar-refractivity contribution in [2.24, 2.45) is 5.73 Å². The van der Waals surface area contributed by atoms with Crippen molar-refractivity contribution in [2.75, 3.05) is 13.1 Å². The van der Waals surface area contributed by atoms with Gasteiger partial charge in [0, 0.05) is 24.2 Å². The molecule has 1 amide bonds. The largest absolute Gasteiger partial charge is 0.508 e. The van der Waals surface area contributed by atoms with Crippen LogP contribution in [0.15, 0.2) is 42.5 Å². The van der Waals surface area contributed by atoms with E-state index in [1.807, 2.05) is 4.90 Å². The van der Waals surface area contributed by atoms with Gasteiger partial charge in [-0.1, -0.05) is 12.1 Å². The van der Waals surface area contributed by atoms with Gasteiger partial charge < -0.3 is 15.9 Å². The summed E-state index contributed by atoms with van der Waals surface area (Å²) in [5.41, 5.74) is 5.81. The van der Waals surface area contributed by atoms with Crippen molar-refractivity contribution < 1.29 is 19.8 Å². The van der Waals surface area contributed by atoms with Crippen molar-refractivity contribution in [3.8, 4) is 17.6 Å². The monoisotopic (exact) mass is 378 g/mol. The van der Waals surface area contributed by atoms with Crippen LogP contribution < -0.4 is 5.73 Å². The minimum atomic E-state index is -1.15. The highest BCUT2D eigenvalue weighted by molar-refractivity contribution is 5.84. The molecular formula is C20H18N4O4. The van der Waals surface area contributed by atoms with Gasteiger partial charge in [0.15, 0.2) is 0 Å². The molecule has 28 heavy (non-hydrogen) atoms. The van der Waals surface area contributed by atoms with Crippen molar-refractivity contribution in [1.29, 1.82) is 5.26 Å². The second kappa shape index (κ2) is 6.34. The van der Waals surface area contributed by atoms with Crippen molar-refractivity contribution >= 4 is 12.2 Å². The molecule has 2 heterocycles. The molecule has 8 nitrogen and oxygen atoms in total. The van der Waals surface area contributed by atoms with Gasteiger partial charge in [0.25, 0.3) is 0 Å². The second-order valence-corrected chi connectivity index (χ2v) is 6.98. The van der Waals surface area contributed by atoms with Crippen molar-refractivity contribution in [2.45, 2.75) is 17.7 Å². The Hall–Kier alpha value is -3.41. The van der Waals surface area contributed by atoms with E-state index in [1.165, 1.54) is 30.3 Å². The Morgan fingerprint density at radius 2 is 1.82 bits per heavy atom. The molecule has 2 aromatic carbocycles. The zero-order valence-corrected chi connectivity index (χ0v) is 14.8. The Morgan fingerprint density at radius 3 is 2.36 bits per heavy atom. The summed E-state index contributed by atoms with van der Waals surface area (Å²) in [4.78, 5) is 27.4. The van der Waals surface area contributed by atoms with E-state index in [0.29, 0.717) is 36.1 Å². The molecule has 0 spiro atoms. The lowest BCUT2D eigenvalue weighted by molar-refractivity contribution is -0.119. The number of hydrogen-bond donors (Lipinski definition) is 3. The molecule has 5 unspecified atom stereocenters. The standard InChI is InChI=1S/C20H18N4O4/c21-8-14-9-23(14)20(24-10-18(24)19(22)28,13-2-5-15(26)6-3-13)17-7-16(27)4-1-12(17)11-25/h1-7,11,14,18,26-27H,9-10H2,(H2,22,28). The van der Waals surface area contributed by atoms with Gasteiger partial charge >= 0.3 is 0 Å². The highest BCUT2D eigenvalue weighted by Crippen LogP contribution is 2.52. The smallest absolute Gasteiger partial charge is 0.236 e. The number of primary amides is 1. The number of nitriles is 1. The van der Waals surface area contributed by atoms with Crippen LogP contribution in [0.25, 0.3) is 0 Å². The average Bonchev–Trinajstić information content (AvgIpc) is 3.59. The Kier molecular flexibility index (Phi) is 4.07. The lowest BCUT2D eigenvalue weighted by Crippen LogP contribution is -2.47. The Labute approximate surface area is 161 Å². The van der Waals surface area contributed by atoms with Crippen LogP contribution in [0.5, 0.6) is 11.5 Å². The molecule has 8 heteroatoms. The molecule has 0 saturated carbocycles. The quantitative estimate of drug-likeness (QED) is 0.492. The van der Waals surface area contributed by atoms with Crippen LogP contribution in [-0.4, -0.2) is 57.4 Å². The summed E-state index contributed by atoms with van der Waals surface area (Å²) < 4.78 is 0. The van der Waals surface area contributed by atoms with Crippen LogP contribution in [-0.2, 0) is 10.5 Å². The first-order valence-electron chi connectivity index (χ1n) is 8.74. The van der Waals surface area contributed by atoms with Gasteiger partial charge in [-0.3, -0.25) is 19.4 Å². The number of hydrogen-bond acceptors (Lipinski definition) is 7. The fraction of sp³-hybridized carbons (Fsp3) is 0.250. The van der Waals surface area contributed by atoms with E-state index in [2.05, 4.69) is 6.07 Å². The first-order valence-corrected chi connectivity index (χ1v) is 8.74. The van der Waals surface area contributed by atoms with Crippen LogP contribution in [0.1, 0.15) is 21.5 Å². The number of carbonyl (C=O) groups is 2. The zero-order chi connectivity index (χ0) is 20.1. The summed E-state index contributed by atoms with van der Waals surface area (Å²) in [6.45, 7) is 0.770. The van der Waals surface area contributed by atoms with E-state index >= 15 is 0 Å². The van der Waals surface area contributed by atoms with Gasteiger partial charge in [0.05, 0.1) is 6.07 Å². The molecule has 142 valence electrons. The maximum absolute atomic E-state index is 11.9. The van der Waals surface area contributed by atoms with Crippen LogP contribution in [0.3, 0.4) is 0 Å². The van der Waals surface area contributed by atoms with Gasteiger partial charge in [0.2, 0.25) is 5.91 Å². The van der Waals surface area contributed by atoms with Gasteiger partial charge in [-0.05, 0) is 35.9 Å². The van der Waals surface area contributed by atoms with Crippen molar-refractivity contribution in [1.82, 2.24) is 9.80 Å². The Balaban J connectivity index is 2.01. The van der Waals surface area contributed by atoms with Crippen LogP contribution in [0.2, 0.25) is 0 Å². The molecule has 4 rings (SSSR count). The number of nitrogens with zero attached hydrogens (tertiary/aromatic N) is 3. The molecule has 2 aliphatic heterocycles. The number of phenols is 2. The van der Waals surface area contributed by atoms with E-state index < -0.39 is 23.7 Å². The number of rotatable bonds is 6. The Morgan fingerprint density at radius 1 is 1.14 bits per heavy atom. The summed E-state index contributed by atoms with van der Waals surface area (Å²) in [6, 6.07) is 11.9. The van der Waals surface area contributed by atoms with E-state index in [9.17, 15) is 25.1 Å². The number of nitrogens with two attached hydrogens (primary N) is 1. The first kappa shape index (κ1) is 18.0. The highest BCUT2D eigenvalue weighted by atomic mass is 16.3. The summed E-state index contributed by atoms with van der Waals surface area (Å²) in [5.74, 6) is -0.494. The molecule has 2 aliphatic rings. The fourth-order valence-corrected chi connectivity index (χ4v) is 3.95.